The van der Waals surface area contributed by atoms with E-state index in [4.69, 9.17) is 4.74 Å². The highest BCUT2D eigenvalue weighted by atomic mass is 16.5. The molecule has 1 aromatic rings. The number of nitrogens with one attached hydrogen (secondary N) is 1. The molecule has 2 heteroatoms. The largest absolute Gasteiger partial charge is 0.376 e. The smallest absolute Gasteiger partial charge is 0.0769 e. The van der Waals surface area contributed by atoms with Crippen molar-refractivity contribution in [2.24, 2.45) is 0 Å². The third-order valence-corrected chi connectivity index (χ3v) is 4.34. The summed E-state index contributed by atoms with van der Waals surface area (Å²) in [4.78, 5) is 0. The molecular weight excluding hydrogens is 258 g/mol. The number of rotatable bonds is 5. The van der Waals surface area contributed by atoms with E-state index in [1.165, 1.54) is 30.4 Å². The monoisotopic (exact) mass is 289 g/mol. The van der Waals surface area contributed by atoms with Gasteiger partial charge in [0.2, 0.25) is 0 Å². The lowest BCUT2D eigenvalue weighted by Crippen LogP contribution is -2.36. The maximum absolute atomic E-state index is 6.03. The fourth-order valence-electron chi connectivity index (χ4n) is 2.98. The molecule has 1 aromatic carbocycles. The van der Waals surface area contributed by atoms with Crippen molar-refractivity contribution in [1.29, 1.82) is 0 Å². The number of hydrogen-bond acceptors (Lipinski definition) is 2. The topological polar surface area (TPSA) is 21.3 Å². The van der Waals surface area contributed by atoms with Gasteiger partial charge in [-0.05, 0) is 48.8 Å². The van der Waals surface area contributed by atoms with E-state index in [0.29, 0.717) is 12.1 Å². The van der Waals surface area contributed by atoms with Gasteiger partial charge in [-0.15, -0.1) is 0 Å². The van der Waals surface area contributed by atoms with Crippen molar-refractivity contribution in [3.05, 3.63) is 35.4 Å². The third-order valence-electron chi connectivity index (χ3n) is 4.34. The van der Waals surface area contributed by atoms with Crippen LogP contribution in [-0.2, 0) is 10.2 Å². The van der Waals surface area contributed by atoms with Gasteiger partial charge in [0.1, 0.15) is 0 Å². The highest BCUT2D eigenvalue weighted by Crippen LogP contribution is 2.29. The minimum absolute atomic E-state index is 0.214. The van der Waals surface area contributed by atoms with Crippen molar-refractivity contribution in [2.45, 2.75) is 70.9 Å². The van der Waals surface area contributed by atoms with Crippen molar-refractivity contribution in [1.82, 2.24) is 5.32 Å². The summed E-state index contributed by atoms with van der Waals surface area (Å²) in [6.07, 6.45) is 5.14. The number of ether oxygens (including phenoxy) is 1. The molecule has 0 spiro atoms. The Morgan fingerprint density at radius 1 is 1.19 bits per heavy atom. The molecule has 2 unspecified atom stereocenters. The van der Waals surface area contributed by atoms with E-state index in [0.717, 1.165) is 19.6 Å². The summed E-state index contributed by atoms with van der Waals surface area (Å²) in [6.45, 7) is 11.0. The van der Waals surface area contributed by atoms with Gasteiger partial charge in [-0.1, -0.05) is 52.0 Å². The number of benzene rings is 1. The molecule has 1 heterocycles. The van der Waals surface area contributed by atoms with Gasteiger partial charge in [-0.25, -0.2) is 0 Å². The second-order valence-corrected chi connectivity index (χ2v) is 7.21. The molecule has 0 amide bonds. The lowest BCUT2D eigenvalue weighted by atomic mass is 9.85. The van der Waals surface area contributed by atoms with Crippen molar-refractivity contribution < 1.29 is 4.74 Å². The third kappa shape index (κ3) is 4.55. The van der Waals surface area contributed by atoms with Crippen LogP contribution in [0.4, 0.5) is 0 Å². The Morgan fingerprint density at radius 3 is 2.43 bits per heavy atom. The highest BCUT2D eigenvalue weighted by Gasteiger charge is 2.25. The zero-order valence-electron chi connectivity index (χ0n) is 14.1. The number of hydrogen-bond donors (Lipinski definition) is 1. The van der Waals surface area contributed by atoms with E-state index >= 15 is 0 Å². The zero-order chi connectivity index (χ0) is 15.3. The van der Waals surface area contributed by atoms with E-state index in [-0.39, 0.29) is 5.41 Å². The first-order chi connectivity index (χ1) is 10.0. The van der Waals surface area contributed by atoms with Crippen LogP contribution in [0.5, 0.6) is 0 Å². The van der Waals surface area contributed by atoms with Crippen molar-refractivity contribution in [3.8, 4) is 0 Å². The molecule has 118 valence electrons. The van der Waals surface area contributed by atoms with Crippen molar-refractivity contribution >= 4 is 0 Å². The Balaban J connectivity index is 2.15. The molecule has 1 aliphatic heterocycles. The fourth-order valence-corrected chi connectivity index (χ4v) is 2.98. The first kappa shape index (κ1) is 16.5. The molecule has 21 heavy (non-hydrogen) atoms. The van der Waals surface area contributed by atoms with Crippen molar-refractivity contribution in [2.75, 3.05) is 13.2 Å². The zero-order valence-corrected chi connectivity index (χ0v) is 14.1. The molecule has 1 fully saturated rings. The van der Waals surface area contributed by atoms with Gasteiger partial charge in [0.05, 0.1) is 12.1 Å². The predicted molar refractivity (Wildman–Crippen MR) is 89.8 cm³/mol. The van der Waals surface area contributed by atoms with Gasteiger partial charge in [0, 0.05) is 6.61 Å². The average Bonchev–Trinajstić information content (AvgIpc) is 2.48. The molecule has 1 aliphatic rings. The first-order valence-electron chi connectivity index (χ1n) is 8.48. The standard InChI is InChI=1S/C19H31NO/c1-5-13-20-18(17-8-6-7-14-21-17)15-9-11-16(12-10-15)19(2,3)4/h9-12,17-18,20H,5-8,13-14H2,1-4H3. The van der Waals surface area contributed by atoms with Crippen molar-refractivity contribution in [3.63, 3.8) is 0 Å². The summed E-state index contributed by atoms with van der Waals surface area (Å²) in [7, 11) is 0. The molecule has 1 N–H and O–H groups in total. The van der Waals surface area contributed by atoms with Gasteiger partial charge in [-0.2, -0.15) is 0 Å². The molecule has 0 radical (unpaired) electrons. The van der Waals surface area contributed by atoms with Crippen LogP contribution < -0.4 is 5.32 Å². The van der Waals surface area contributed by atoms with Crippen LogP contribution in [0.3, 0.4) is 0 Å². The summed E-state index contributed by atoms with van der Waals surface area (Å²) in [5, 5.41) is 3.69. The van der Waals surface area contributed by atoms with Gasteiger partial charge >= 0.3 is 0 Å². The summed E-state index contributed by atoms with van der Waals surface area (Å²) in [6, 6.07) is 9.45. The molecule has 2 nitrogen and oxygen atoms in total. The molecule has 1 saturated heterocycles. The Kier molecular flexibility index (Phi) is 5.83. The Bertz CT molecular complexity index is 412. The Labute approximate surface area is 130 Å². The second kappa shape index (κ2) is 7.42. The molecule has 0 aromatic heterocycles. The van der Waals surface area contributed by atoms with E-state index in [1.54, 1.807) is 0 Å². The molecule has 0 bridgehead atoms. The van der Waals surface area contributed by atoms with Gasteiger partial charge in [0.25, 0.3) is 0 Å². The van der Waals surface area contributed by atoms with Crippen LogP contribution in [0.15, 0.2) is 24.3 Å². The minimum Gasteiger partial charge on any atom is -0.376 e. The van der Waals surface area contributed by atoms with Crippen LogP contribution in [0.1, 0.15) is 70.5 Å². The average molecular weight is 289 g/mol. The van der Waals surface area contributed by atoms with Crippen LogP contribution in [0, 0.1) is 0 Å². The van der Waals surface area contributed by atoms with E-state index in [9.17, 15) is 0 Å². The lowest BCUT2D eigenvalue weighted by Gasteiger charge is -2.32. The van der Waals surface area contributed by atoms with Crippen LogP contribution in [-0.4, -0.2) is 19.3 Å². The molecule has 2 rings (SSSR count). The van der Waals surface area contributed by atoms with E-state index in [1.807, 2.05) is 0 Å². The second-order valence-electron chi connectivity index (χ2n) is 7.21. The Morgan fingerprint density at radius 2 is 1.90 bits per heavy atom. The minimum atomic E-state index is 0.214. The maximum atomic E-state index is 6.03. The summed E-state index contributed by atoms with van der Waals surface area (Å²) in [5.41, 5.74) is 2.97. The van der Waals surface area contributed by atoms with Gasteiger partial charge in [-0.3, -0.25) is 0 Å². The molecule has 0 saturated carbocycles. The maximum Gasteiger partial charge on any atom is 0.0769 e. The quantitative estimate of drug-likeness (QED) is 0.855. The van der Waals surface area contributed by atoms with Crippen LogP contribution in [0.25, 0.3) is 0 Å². The van der Waals surface area contributed by atoms with Crippen LogP contribution >= 0.6 is 0 Å². The fraction of sp³-hybridized carbons (Fsp3) is 0.684. The molecule has 0 aliphatic carbocycles. The lowest BCUT2D eigenvalue weighted by molar-refractivity contribution is -0.00815. The Hall–Kier alpha value is -0.860. The summed E-state index contributed by atoms with van der Waals surface area (Å²) in [5.74, 6) is 0. The van der Waals surface area contributed by atoms with Gasteiger partial charge in [0.15, 0.2) is 0 Å². The van der Waals surface area contributed by atoms with E-state index in [2.05, 4.69) is 57.3 Å². The summed E-state index contributed by atoms with van der Waals surface area (Å²) >= 11 is 0. The normalized spacial score (nSPS) is 21.2. The highest BCUT2D eigenvalue weighted by molar-refractivity contribution is 5.30. The summed E-state index contributed by atoms with van der Waals surface area (Å²) < 4.78 is 6.03. The first-order valence-corrected chi connectivity index (χ1v) is 8.48. The van der Waals surface area contributed by atoms with E-state index < -0.39 is 0 Å². The van der Waals surface area contributed by atoms with Crippen LogP contribution in [0.2, 0.25) is 0 Å². The predicted octanol–water partition coefficient (Wildman–Crippen LogP) is 4.59. The molecular formula is C19H31NO. The SMILES string of the molecule is CCCNC(c1ccc(C(C)(C)C)cc1)C1CCCCO1. The molecule has 2 atom stereocenters. The van der Waals surface area contributed by atoms with Gasteiger partial charge < -0.3 is 10.1 Å².